The highest BCUT2D eigenvalue weighted by Crippen LogP contribution is 2.55. The van der Waals surface area contributed by atoms with E-state index in [1.165, 1.54) is 22.6 Å². The molecule has 0 unspecified atom stereocenters. The van der Waals surface area contributed by atoms with Gasteiger partial charge in [-0.15, -0.1) is 0 Å². The van der Waals surface area contributed by atoms with Gasteiger partial charge in [-0.25, -0.2) is 4.79 Å². The number of fused-ring (bicyclic) bond motifs is 5. The number of allylic oxidation sites excluding steroid dienone is 2. The Morgan fingerprint density at radius 3 is 2.50 bits per heavy atom. The van der Waals surface area contributed by atoms with E-state index in [2.05, 4.69) is 11.4 Å². The summed E-state index contributed by atoms with van der Waals surface area (Å²) in [4.78, 5) is 51.9. The van der Waals surface area contributed by atoms with Crippen LogP contribution in [-0.2, 0) is 19.1 Å². The zero-order valence-corrected chi connectivity index (χ0v) is 19.5. The van der Waals surface area contributed by atoms with E-state index in [4.69, 9.17) is 16.3 Å². The summed E-state index contributed by atoms with van der Waals surface area (Å²) in [6.07, 6.45) is 3.01. The molecule has 0 radical (unpaired) electrons. The smallest absolute Gasteiger partial charge is 0.338 e. The van der Waals surface area contributed by atoms with Crippen LogP contribution in [0.2, 0.25) is 5.02 Å². The normalized spacial score (nSPS) is 24.8. The number of anilines is 2. The van der Waals surface area contributed by atoms with E-state index in [9.17, 15) is 19.2 Å². The summed E-state index contributed by atoms with van der Waals surface area (Å²) in [6, 6.07) is 11.2. The van der Waals surface area contributed by atoms with E-state index in [1.807, 2.05) is 13.8 Å². The fourth-order valence-corrected chi connectivity index (χ4v) is 5.58. The summed E-state index contributed by atoms with van der Waals surface area (Å²) in [5.41, 5.74) is 3.22. The van der Waals surface area contributed by atoms with Gasteiger partial charge in [0.25, 0.3) is 5.91 Å². The summed E-state index contributed by atoms with van der Waals surface area (Å²) in [6.45, 7) is 3.39. The van der Waals surface area contributed by atoms with Crippen LogP contribution in [0.15, 0.2) is 54.1 Å². The Hall–Kier alpha value is -3.45. The van der Waals surface area contributed by atoms with Crippen molar-refractivity contribution in [3.63, 3.8) is 0 Å². The van der Waals surface area contributed by atoms with Crippen LogP contribution in [0.3, 0.4) is 0 Å². The van der Waals surface area contributed by atoms with Gasteiger partial charge < -0.3 is 10.1 Å². The number of halogens is 1. The highest BCUT2D eigenvalue weighted by atomic mass is 35.5. The van der Waals surface area contributed by atoms with Gasteiger partial charge in [-0.2, -0.15) is 0 Å². The first-order valence-electron chi connectivity index (χ1n) is 11.1. The maximum atomic E-state index is 13.1. The number of ether oxygens (including phenoxy) is 1. The minimum absolute atomic E-state index is 0.132. The third-order valence-electron chi connectivity index (χ3n) is 7.05. The van der Waals surface area contributed by atoms with Crippen LogP contribution in [0.5, 0.6) is 0 Å². The first kappa shape index (κ1) is 22.3. The van der Waals surface area contributed by atoms with Crippen molar-refractivity contribution in [3.8, 4) is 0 Å². The molecule has 5 rings (SSSR count). The van der Waals surface area contributed by atoms with Gasteiger partial charge in [-0.1, -0.05) is 29.3 Å². The molecular formula is C26H23ClN2O5. The van der Waals surface area contributed by atoms with Crippen molar-refractivity contribution >= 4 is 46.7 Å². The van der Waals surface area contributed by atoms with Gasteiger partial charge in [0, 0.05) is 10.7 Å². The molecule has 1 aliphatic heterocycles. The first-order chi connectivity index (χ1) is 16.2. The van der Waals surface area contributed by atoms with Gasteiger partial charge in [0.05, 0.1) is 23.1 Å². The van der Waals surface area contributed by atoms with E-state index in [0.717, 1.165) is 12.0 Å². The number of nitrogens with zero attached hydrogens (tertiary/aromatic N) is 1. The van der Waals surface area contributed by atoms with Gasteiger partial charge in [-0.3, -0.25) is 19.3 Å². The average molecular weight is 479 g/mol. The molecule has 2 aromatic rings. The van der Waals surface area contributed by atoms with Crippen molar-refractivity contribution in [2.75, 3.05) is 16.8 Å². The molecule has 7 nitrogen and oxygen atoms in total. The molecule has 1 saturated heterocycles. The van der Waals surface area contributed by atoms with Gasteiger partial charge in [0.15, 0.2) is 6.61 Å². The predicted molar refractivity (Wildman–Crippen MR) is 126 cm³/mol. The lowest BCUT2D eigenvalue weighted by Crippen LogP contribution is -2.33. The second kappa shape index (κ2) is 8.40. The number of carbonyl (C=O) groups is 4. The SMILES string of the molecule is CC1=C[C@H]2C[C@H]1[C@@H]1C(=O)N(c3ccc(C(=O)OCC(=O)Nc4cc(Cl)ccc4C)cc3)C(=O)[C@H]12. The number of benzene rings is 2. The van der Waals surface area contributed by atoms with Crippen LogP contribution in [0.4, 0.5) is 11.4 Å². The zero-order chi connectivity index (χ0) is 24.1. The summed E-state index contributed by atoms with van der Waals surface area (Å²) in [5.74, 6) is -1.80. The molecule has 4 atom stereocenters. The van der Waals surface area contributed by atoms with Gasteiger partial charge in [0.1, 0.15) is 0 Å². The molecule has 8 heteroatoms. The molecule has 3 aliphatic rings. The Kier molecular flexibility index (Phi) is 5.52. The van der Waals surface area contributed by atoms with Crippen LogP contribution in [0, 0.1) is 30.6 Å². The summed E-state index contributed by atoms with van der Waals surface area (Å²) < 4.78 is 5.11. The van der Waals surface area contributed by atoms with E-state index in [-0.39, 0.29) is 41.0 Å². The average Bonchev–Trinajstić information content (AvgIpc) is 3.45. The van der Waals surface area contributed by atoms with Crippen LogP contribution < -0.4 is 10.2 Å². The fourth-order valence-electron chi connectivity index (χ4n) is 5.40. The molecule has 2 aliphatic carbocycles. The molecule has 2 bridgehead atoms. The van der Waals surface area contributed by atoms with Gasteiger partial charge >= 0.3 is 5.97 Å². The van der Waals surface area contributed by atoms with Crippen LogP contribution in [-0.4, -0.2) is 30.3 Å². The highest BCUT2D eigenvalue weighted by Gasteiger charge is 2.60. The third-order valence-corrected chi connectivity index (χ3v) is 7.29. The number of hydrogen-bond acceptors (Lipinski definition) is 5. The van der Waals surface area contributed by atoms with Crippen LogP contribution >= 0.6 is 11.6 Å². The summed E-state index contributed by atoms with van der Waals surface area (Å²) >= 11 is 5.95. The van der Waals surface area contributed by atoms with Crippen molar-refractivity contribution in [1.29, 1.82) is 0 Å². The molecule has 1 saturated carbocycles. The minimum Gasteiger partial charge on any atom is -0.452 e. The predicted octanol–water partition coefficient (Wildman–Crippen LogP) is 4.15. The number of carbonyl (C=O) groups excluding carboxylic acids is 4. The van der Waals surface area contributed by atoms with Crippen LogP contribution in [0.1, 0.15) is 29.3 Å². The van der Waals surface area contributed by atoms with Gasteiger partial charge in [-0.05, 0) is 74.1 Å². The van der Waals surface area contributed by atoms with Crippen molar-refractivity contribution in [3.05, 3.63) is 70.3 Å². The number of rotatable bonds is 5. The molecule has 2 fully saturated rings. The molecule has 174 valence electrons. The van der Waals surface area contributed by atoms with Crippen molar-refractivity contribution < 1.29 is 23.9 Å². The number of hydrogen-bond donors (Lipinski definition) is 1. The van der Waals surface area contributed by atoms with Gasteiger partial charge in [0.2, 0.25) is 11.8 Å². The monoisotopic (exact) mass is 478 g/mol. The largest absolute Gasteiger partial charge is 0.452 e. The lowest BCUT2D eigenvalue weighted by Gasteiger charge is -2.19. The first-order valence-corrected chi connectivity index (χ1v) is 11.5. The third kappa shape index (κ3) is 3.70. The Bertz CT molecular complexity index is 1250. The van der Waals surface area contributed by atoms with Crippen molar-refractivity contribution in [2.24, 2.45) is 23.7 Å². The number of nitrogens with one attached hydrogen (secondary N) is 1. The van der Waals surface area contributed by atoms with E-state index in [1.54, 1.807) is 30.3 Å². The lowest BCUT2D eigenvalue weighted by molar-refractivity contribution is -0.123. The van der Waals surface area contributed by atoms with E-state index in [0.29, 0.717) is 16.4 Å². The second-order valence-corrected chi connectivity index (χ2v) is 9.55. The van der Waals surface area contributed by atoms with E-state index < -0.39 is 18.5 Å². The minimum atomic E-state index is -0.682. The fraction of sp³-hybridized carbons (Fsp3) is 0.308. The Morgan fingerprint density at radius 2 is 1.76 bits per heavy atom. The maximum absolute atomic E-state index is 13.1. The molecule has 1 N–H and O–H groups in total. The van der Waals surface area contributed by atoms with E-state index >= 15 is 0 Å². The topological polar surface area (TPSA) is 92.8 Å². The summed E-state index contributed by atoms with van der Waals surface area (Å²) in [7, 11) is 0. The molecular weight excluding hydrogens is 456 g/mol. The van der Waals surface area contributed by atoms with Crippen molar-refractivity contribution in [1.82, 2.24) is 0 Å². The molecule has 3 amide bonds. The zero-order valence-electron chi connectivity index (χ0n) is 18.7. The molecule has 0 aromatic heterocycles. The Labute approximate surface area is 201 Å². The molecule has 0 spiro atoms. The number of amides is 3. The van der Waals surface area contributed by atoms with Crippen LogP contribution in [0.25, 0.3) is 0 Å². The lowest BCUT2D eigenvalue weighted by atomic mass is 9.82. The molecule has 34 heavy (non-hydrogen) atoms. The second-order valence-electron chi connectivity index (χ2n) is 9.11. The Balaban J connectivity index is 1.21. The number of esters is 1. The maximum Gasteiger partial charge on any atom is 0.338 e. The number of imide groups is 1. The summed E-state index contributed by atoms with van der Waals surface area (Å²) in [5, 5.41) is 3.14. The quantitative estimate of drug-likeness (QED) is 0.396. The number of aryl methyl sites for hydroxylation is 1. The standard InChI is InChI=1S/C26H23ClN2O5/c1-13-3-6-17(27)11-20(13)28-21(30)12-34-26(33)15-4-7-18(8-5-15)29-24(31)22-16-9-14(2)19(10-16)23(22)25(29)32/h3-9,11,16,19,22-23H,10,12H2,1-2H3,(H,28,30)/t16-,19+,22-,23-/m0/s1. The molecule has 2 aromatic carbocycles. The highest BCUT2D eigenvalue weighted by molar-refractivity contribution is 6.31. The van der Waals surface area contributed by atoms with Crippen molar-refractivity contribution in [2.45, 2.75) is 20.3 Å². The molecule has 1 heterocycles. The Morgan fingerprint density at radius 1 is 1.06 bits per heavy atom.